The fourth-order valence-electron chi connectivity index (χ4n) is 13.2. The van der Waals surface area contributed by atoms with Gasteiger partial charge in [-0.1, -0.05) is 92.8 Å². The molecule has 47 heavy (non-hydrogen) atoms. The molecule has 15 unspecified atom stereocenters. The minimum Gasteiger partial charge on any atom is -0.431 e. The average molecular weight is 631 g/mol. The van der Waals surface area contributed by atoms with E-state index in [4.69, 9.17) is 4.74 Å². The number of esters is 1. The molecular formula is C45H58O2. The summed E-state index contributed by atoms with van der Waals surface area (Å²) in [6.45, 7) is 6.11. The lowest BCUT2D eigenvalue weighted by atomic mass is 9.73. The van der Waals surface area contributed by atoms with Crippen molar-refractivity contribution >= 4 is 5.97 Å². The van der Waals surface area contributed by atoms with Gasteiger partial charge in [0.15, 0.2) is 0 Å². The SMILES string of the molecule is C1=CC2C=CC1C2.C1=CC2CC1C1C3CCC(C3)C21.C1=CC2CCC1C2.C=C1OC(=O)C2C3C=CC(C3)C12.CCC1CC2C=CC1C2. The number of carbonyl (C=O) groups is 1. The molecule has 0 spiro atoms. The molecule has 2 nitrogen and oxygen atoms in total. The van der Waals surface area contributed by atoms with Crippen LogP contribution in [0.2, 0.25) is 0 Å². The number of cyclic esters (lactones) is 1. The maximum atomic E-state index is 11.3. The molecule has 13 rings (SSSR count). The summed E-state index contributed by atoms with van der Waals surface area (Å²) in [5.41, 5.74) is 0. The highest BCUT2D eigenvalue weighted by Gasteiger charge is 2.58. The van der Waals surface area contributed by atoms with Gasteiger partial charge in [0.1, 0.15) is 5.76 Å². The number of hydrogen-bond acceptors (Lipinski definition) is 2. The molecule has 0 aromatic heterocycles. The lowest BCUT2D eigenvalue weighted by Gasteiger charge is -2.31. The zero-order chi connectivity index (χ0) is 31.6. The summed E-state index contributed by atoms with van der Waals surface area (Å²) in [6, 6.07) is 0. The largest absolute Gasteiger partial charge is 0.431 e. The second kappa shape index (κ2) is 12.5. The topological polar surface area (TPSA) is 26.3 Å². The van der Waals surface area contributed by atoms with Gasteiger partial charge in [-0.2, -0.15) is 0 Å². The molecule has 250 valence electrons. The first kappa shape index (κ1) is 30.7. The molecule has 6 saturated carbocycles. The summed E-state index contributed by atoms with van der Waals surface area (Å²) < 4.78 is 5.04. The Morgan fingerprint density at radius 2 is 1.11 bits per heavy atom. The normalized spacial score (nSPS) is 51.0. The molecule has 12 aliphatic carbocycles. The van der Waals surface area contributed by atoms with Gasteiger partial charge in [0.25, 0.3) is 0 Å². The molecule has 13 aliphatic rings. The van der Waals surface area contributed by atoms with Crippen LogP contribution in [0, 0.1) is 101 Å². The minimum absolute atomic E-state index is 0.0538. The Bertz CT molecular complexity index is 1310. The fourth-order valence-corrected chi connectivity index (χ4v) is 13.2. The van der Waals surface area contributed by atoms with Crippen molar-refractivity contribution in [2.45, 2.75) is 84.0 Å². The van der Waals surface area contributed by atoms with Gasteiger partial charge in [-0.05, 0) is 159 Å². The van der Waals surface area contributed by atoms with Gasteiger partial charge in [-0.25, -0.2) is 0 Å². The van der Waals surface area contributed by atoms with Crippen molar-refractivity contribution in [3.05, 3.63) is 85.3 Å². The molecule has 0 N–H and O–H groups in total. The molecule has 2 heteroatoms. The highest BCUT2D eigenvalue weighted by Crippen LogP contribution is 2.65. The van der Waals surface area contributed by atoms with Crippen LogP contribution in [0.15, 0.2) is 85.3 Å². The van der Waals surface area contributed by atoms with E-state index in [9.17, 15) is 4.79 Å². The van der Waals surface area contributed by atoms with Crippen molar-refractivity contribution in [2.75, 3.05) is 0 Å². The minimum atomic E-state index is -0.0538. The Hall–Kier alpha value is -2.35. The van der Waals surface area contributed by atoms with E-state index in [-0.39, 0.29) is 11.9 Å². The van der Waals surface area contributed by atoms with E-state index >= 15 is 0 Å². The van der Waals surface area contributed by atoms with Gasteiger partial charge in [-0.15, -0.1) is 0 Å². The summed E-state index contributed by atoms with van der Waals surface area (Å²) in [6.07, 6.45) is 45.8. The molecule has 0 aromatic carbocycles. The van der Waals surface area contributed by atoms with Gasteiger partial charge in [0.2, 0.25) is 0 Å². The van der Waals surface area contributed by atoms with Crippen LogP contribution in [0.5, 0.6) is 0 Å². The number of fused-ring (bicyclic) bond motifs is 20. The molecule has 1 heterocycles. The van der Waals surface area contributed by atoms with Crippen LogP contribution in [0.25, 0.3) is 0 Å². The van der Waals surface area contributed by atoms with Gasteiger partial charge < -0.3 is 4.74 Å². The Balaban J connectivity index is 0.0000000820. The summed E-state index contributed by atoms with van der Waals surface area (Å²) in [4.78, 5) is 11.3. The number of allylic oxidation sites excluding steroid dienone is 13. The van der Waals surface area contributed by atoms with Crippen molar-refractivity contribution in [3.63, 3.8) is 0 Å². The molecule has 0 radical (unpaired) electrons. The first-order valence-electron chi connectivity index (χ1n) is 20.0. The Labute approximate surface area is 284 Å². The van der Waals surface area contributed by atoms with Crippen LogP contribution < -0.4 is 0 Å². The van der Waals surface area contributed by atoms with E-state index in [2.05, 4.69) is 86.4 Å². The monoisotopic (exact) mass is 630 g/mol. The summed E-state index contributed by atoms with van der Waals surface area (Å²) in [7, 11) is 0. The van der Waals surface area contributed by atoms with Gasteiger partial charge in [0.05, 0.1) is 5.92 Å². The number of rotatable bonds is 1. The van der Waals surface area contributed by atoms with Crippen molar-refractivity contribution in [1.29, 1.82) is 0 Å². The summed E-state index contributed by atoms with van der Waals surface area (Å²) in [5.74, 6) is 15.3. The highest BCUT2D eigenvalue weighted by atomic mass is 16.5. The van der Waals surface area contributed by atoms with Gasteiger partial charge in [0, 0.05) is 5.92 Å². The Kier molecular flexibility index (Phi) is 8.17. The smallest absolute Gasteiger partial charge is 0.315 e. The van der Waals surface area contributed by atoms with Crippen LogP contribution >= 0.6 is 0 Å². The predicted octanol–water partition coefficient (Wildman–Crippen LogP) is 10.7. The highest BCUT2D eigenvalue weighted by molar-refractivity contribution is 5.79. The number of carbonyl (C=O) groups excluding carboxylic acids is 1. The molecular weight excluding hydrogens is 572 g/mol. The first-order valence-corrected chi connectivity index (χ1v) is 20.0. The molecule has 1 aliphatic heterocycles. The molecule has 0 aromatic rings. The summed E-state index contributed by atoms with van der Waals surface area (Å²) in [5, 5.41) is 0. The maximum absolute atomic E-state index is 11.3. The van der Waals surface area contributed by atoms with Crippen LogP contribution in [0.3, 0.4) is 0 Å². The van der Waals surface area contributed by atoms with E-state index in [1.165, 1.54) is 51.4 Å². The van der Waals surface area contributed by atoms with Crippen molar-refractivity contribution in [1.82, 2.24) is 0 Å². The van der Waals surface area contributed by atoms with Crippen molar-refractivity contribution in [2.24, 2.45) is 101 Å². The molecule has 7 fully saturated rings. The Morgan fingerprint density at radius 3 is 1.53 bits per heavy atom. The van der Waals surface area contributed by atoms with E-state index < -0.39 is 0 Å². The maximum Gasteiger partial charge on any atom is 0.315 e. The first-order chi connectivity index (χ1) is 23.0. The lowest BCUT2D eigenvalue weighted by molar-refractivity contribution is -0.139. The third-order valence-electron chi connectivity index (χ3n) is 15.4. The van der Waals surface area contributed by atoms with E-state index in [1.54, 1.807) is 19.3 Å². The van der Waals surface area contributed by atoms with Crippen molar-refractivity contribution in [3.8, 4) is 0 Å². The quantitative estimate of drug-likeness (QED) is 0.164. The molecule has 1 saturated heterocycles. The van der Waals surface area contributed by atoms with Gasteiger partial charge >= 0.3 is 5.97 Å². The van der Waals surface area contributed by atoms with E-state index in [1.807, 2.05) is 0 Å². The molecule has 0 amide bonds. The van der Waals surface area contributed by atoms with Gasteiger partial charge in [-0.3, -0.25) is 4.79 Å². The van der Waals surface area contributed by atoms with E-state index in [0.717, 1.165) is 83.4 Å². The average Bonchev–Trinajstić information content (AvgIpc) is 3.96. The fraction of sp³-hybridized carbons (Fsp3) is 0.667. The predicted molar refractivity (Wildman–Crippen MR) is 190 cm³/mol. The standard InChI is InChI=1S/C12H16.C10H10O2.C9H14.C7H10.C7H8/c1-2-8-5-7(1)11-9-3-4-10(6-9)12(8)11;1-5-8-6-2-3-7(4-6)9(8)10(11)12-5;1-2-8-5-7-3-4-9(8)6-7;2*1-2-7-4-3-6(1)5-7/h1-2,7-12H,3-6H2;2-3,6-9H,1,4H2;3-4,7-9H,2,5-6H2,1H3;1-2,6-7H,3-5H2;1-4,6-7H,5H2. The second-order valence-electron chi connectivity index (χ2n) is 17.8. The summed E-state index contributed by atoms with van der Waals surface area (Å²) >= 11 is 0. The Morgan fingerprint density at radius 1 is 0.553 bits per heavy atom. The van der Waals surface area contributed by atoms with Crippen LogP contribution in [0.4, 0.5) is 0 Å². The third-order valence-corrected chi connectivity index (χ3v) is 15.4. The third kappa shape index (κ3) is 5.66. The molecule has 12 bridgehead atoms. The zero-order valence-corrected chi connectivity index (χ0v) is 28.8. The molecule has 15 atom stereocenters. The number of ether oxygens (including phenoxy) is 1. The van der Waals surface area contributed by atoms with E-state index in [0.29, 0.717) is 23.5 Å². The van der Waals surface area contributed by atoms with Crippen LogP contribution in [0.1, 0.15) is 84.0 Å². The lowest BCUT2D eigenvalue weighted by Crippen LogP contribution is -2.25. The second-order valence-corrected chi connectivity index (χ2v) is 17.8. The van der Waals surface area contributed by atoms with Crippen molar-refractivity contribution < 1.29 is 9.53 Å². The van der Waals surface area contributed by atoms with Crippen LogP contribution in [-0.4, -0.2) is 5.97 Å². The van der Waals surface area contributed by atoms with Crippen LogP contribution in [-0.2, 0) is 9.53 Å². The zero-order valence-electron chi connectivity index (χ0n) is 28.8. The number of hydrogen-bond donors (Lipinski definition) is 0.